The topological polar surface area (TPSA) is 77.8 Å². The summed E-state index contributed by atoms with van der Waals surface area (Å²) in [5.74, 6) is 0.412. The van der Waals surface area contributed by atoms with Gasteiger partial charge in [0.2, 0.25) is 0 Å². The maximum atomic E-state index is 5.72. The molecule has 0 unspecified atom stereocenters. The van der Waals surface area contributed by atoms with Crippen molar-refractivity contribution in [3.05, 3.63) is 17.0 Å². The van der Waals surface area contributed by atoms with Crippen LogP contribution in [-0.2, 0) is 6.42 Å². The van der Waals surface area contributed by atoms with Gasteiger partial charge in [0.05, 0.1) is 0 Å². The van der Waals surface area contributed by atoms with E-state index in [2.05, 4.69) is 9.97 Å². The van der Waals surface area contributed by atoms with Gasteiger partial charge in [-0.25, -0.2) is 9.97 Å². The van der Waals surface area contributed by atoms with E-state index in [4.69, 9.17) is 23.1 Å². The lowest BCUT2D eigenvalue weighted by molar-refractivity contribution is 0.947. The van der Waals surface area contributed by atoms with E-state index in [0.29, 0.717) is 23.9 Å². The van der Waals surface area contributed by atoms with E-state index in [1.807, 2.05) is 0 Å². The predicted octanol–water partition coefficient (Wildman–Crippen LogP) is 0.213. The van der Waals surface area contributed by atoms with Crippen LogP contribution in [0.4, 0.5) is 5.82 Å². The van der Waals surface area contributed by atoms with Crippen LogP contribution >= 0.6 is 11.6 Å². The SMILES string of the molecule is NCCc1c(N)ncnc1Cl. The molecule has 5 heteroatoms. The van der Waals surface area contributed by atoms with Crippen LogP contribution in [0.1, 0.15) is 5.56 Å². The Morgan fingerprint density at radius 2 is 2.18 bits per heavy atom. The Labute approximate surface area is 69.6 Å². The van der Waals surface area contributed by atoms with Crippen LogP contribution in [0.25, 0.3) is 0 Å². The minimum atomic E-state index is 0.392. The maximum absolute atomic E-state index is 5.72. The van der Waals surface area contributed by atoms with Gasteiger partial charge in [0, 0.05) is 5.56 Å². The van der Waals surface area contributed by atoms with Gasteiger partial charge in [0.15, 0.2) is 0 Å². The van der Waals surface area contributed by atoms with Crippen LogP contribution in [0.2, 0.25) is 5.15 Å². The third kappa shape index (κ3) is 1.78. The molecular weight excluding hydrogens is 164 g/mol. The summed E-state index contributed by atoms with van der Waals surface area (Å²) < 4.78 is 0. The summed E-state index contributed by atoms with van der Waals surface area (Å²) in [6.45, 7) is 0.497. The van der Waals surface area contributed by atoms with E-state index in [-0.39, 0.29) is 0 Å². The van der Waals surface area contributed by atoms with Crippen LogP contribution in [0.15, 0.2) is 6.33 Å². The van der Waals surface area contributed by atoms with E-state index in [9.17, 15) is 0 Å². The molecule has 60 valence electrons. The molecule has 0 aromatic carbocycles. The van der Waals surface area contributed by atoms with Gasteiger partial charge < -0.3 is 11.5 Å². The van der Waals surface area contributed by atoms with Crippen molar-refractivity contribution >= 4 is 17.4 Å². The van der Waals surface area contributed by atoms with Gasteiger partial charge in [0.25, 0.3) is 0 Å². The molecule has 0 spiro atoms. The standard InChI is InChI=1S/C6H9ClN4/c7-5-4(1-2-8)6(9)11-3-10-5/h3H,1-2,8H2,(H2,9,10,11). The first-order valence-corrected chi connectivity index (χ1v) is 3.58. The molecular formula is C6H9ClN4. The van der Waals surface area contributed by atoms with Crippen molar-refractivity contribution in [1.82, 2.24) is 9.97 Å². The van der Waals surface area contributed by atoms with E-state index in [1.54, 1.807) is 0 Å². The summed E-state index contributed by atoms with van der Waals surface area (Å²) in [6, 6.07) is 0. The quantitative estimate of drug-likeness (QED) is 0.626. The average Bonchev–Trinajstić information content (AvgIpc) is 1.97. The monoisotopic (exact) mass is 172 g/mol. The summed E-state index contributed by atoms with van der Waals surface area (Å²) in [5.41, 5.74) is 11.6. The second-order valence-corrected chi connectivity index (χ2v) is 2.42. The minimum absolute atomic E-state index is 0.392. The van der Waals surface area contributed by atoms with E-state index < -0.39 is 0 Å². The summed E-state index contributed by atoms with van der Waals surface area (Å²) in [7, 11) is 0. The summed E-state index contributed by atoms with van der Waals surface area (Å²) in [5, 5.41) is 0.392. The highest BCUT2D eigenvalue weighted by atomic mass is 35.5. The Kier molecular flexibility index (Phi) is 2.62. The molecule has 0 aliphatic heterocycles. The first-order valence-electron chi connectivity index (χ1n) is 3.20. The zero-order valence-corrected chi connectivity index (χ0v) is 6.67. The Bertz CT molecular complexity index is 230. The zero-order chi connectivity index (χ0) is 8.27. The molecule has 0 saturated heterocycles. The average molecular weight is 173 g/mol. The number of hydrogen-bond acceptors (Lipinski definition) is 4. The number of hydrogen-bond donors (Lipinski definition) is 2. The van der Waals surface area contributed by atoms with Crippen molar-refractivity contribution in [2.24, 2.45) is 5.73 Å². The highest BCUT2D eigenvalue weighted by Gasteiger charge is 2.04. The summed E-state index contributed by atoms with van der Waals surface area (Å²) in [6.07, 6.45) is 1.95. The van der Waals surface area contributed by atoms with Crippen LogP contribution in [-0.4, -0.2) is 16.5 Å². The number of anilines is 1. The second-order valence-electron chi connectivity index (χ2n) is 2.07. The van der Waals surface area contributed by atoms with Crippen molar-refractivity contribution < 1.29 is 0 Å². The molecule has 0 aliphatic carbocycles. The minimum Gasteiger partial charge on any atom is -0.383 e. The Morgan fingerprint density at radius 3 is 2.73 bits per heavy atom. The lowest BCUT2D eigenvalue weighted by Gasteiger charge is -2.02. The molecule has 0 aliphatic rings. The largest absolute Gasteiger partial charge is 0.383 e. The Balaban J connectivity index is 3.00. The first kappa shape index (κ1) is 8.23. The third-order valence-corrected chi connectivity index (χ3v) is 1.65. The summed E-state index contributed by atoms with van der Waals surface area (Å²) in [4.78, 5) is 7.56. The highest BCUT2D eigenvalue weighted by Crippen LogP contribution is 2.16. The van der Waals surface area contributed by atoms with Gasteiger partial charge in [-0.3, -0.25) is 0 Å². The van der Waals surface area contributed by atoms with E-state index in [1.165, 1.54) is 6.33 Å². The third-order valence-electron chi connectivity index (χ3n) is 1.32. The lowest BCUT2D eigenvalue weighted by Crippen LogP contribution is -2.07. The molecule has 0 fully saturated rings. The van der Waals surface area contributed by atoms with Gasteiger partial charge in [-0.1, -0.05) is 11.6 Å². The normalized spacial score (nSPS) is 10.0. The van der Waals surface area contributed by atoms with Gasteiger partial charge in [-0.05, 0) is 13.0 Å². The fourth-order valence-corrected chi connectivity index (χ4v) is 1.01. The molecule has 0 amide bonds. The molecule has 0 saturated carbocycles. The molecule has 1 rings (SSSR count). The second kappa shape index (κ2) is 3.50. The molecule has 0 bridgehead atoms. The number of halogens is 1. The number of nitrogens with two attached hydrogens (primary N) is 2. The number of nitrogen functional groups attached to an aromatic ring is 1. The Morgan fingerprint density at radius 1 is 1.45 bits per heavy atom. The number of nitrogens with zero attached hydrogens (tertiary/aromatic N) is 2. The smallest absolute Gasteiger partial charge is 0.137 e. The predicted molar refractivity (Wildman–Crippen MR) is 44.2 cm³/mol. The van der Waals surface area contributed by atoms with Crippen molar-refractivity contribution in [1.29, 1.82) is 0 Å². The number of rotatable bonds is 2. The van der Waals surface area contributed by atoms with Gasteiger partial charge >= 0.3 is 0 Å². The molecule has 4 N–H and O–H groups in total. The van der Waals surface area contributed by atoms with Crippen LogP contribution in [0, 0.1) is 0 Å². The number of aromatic nitrogens is 2. The van der Waals surface area contributed by atoms with Crippen molar-refractivity contribution in [2.75, 3.05) is 12.3 Å². The van der Waals surface area contributed by atoms with E-state index >= 15 is 0 Å². The molecule has 4 nitrogen and oxygen atoms in total. The highest BCUT2D eigenvalue weighted by molar-refractivity contribution is 6.30. The van der Waals surface area contributed by atoms with Crippen molar-refractivity contribution in [2.45, 2.75) is 6.42 Å². The fraction of sp³-hybridized carbons (Fsp3) is 0.333. The van der Waals surface area contributed by atoms with Crippen LogP contribution in [0.5, 0.6) is 0 Å². The van der Waals surface area contributed by atoms with E-state index in [0.717, 1.165) is 5.56 Å². The molecule has 0 atom stereocenters. The zero-order valence-electron chi connectivity index (χ0n) is 5.92. The first-order chi connectivity index (χ1) is 5.25. The van der Waals surface area contributed by atoms with Gasteiger partial charge in [-0.15, -0.1) is 0 Å². The lowest BCUT2D eigenvalue weighted by atomic mass is 10.2. The summed E-state index contributed by atoms with van der Waals surface area (Å²) >= 11 is 5.72. The van der Waals surface area contributed by atoms with Crippen LogP contribution in [0.3, 0.4) is 0 Å². The van der Waals surface area contributed by atoms with Gasteiger partial charge in [0.1, 0.15) is 17.3 Å². The molecule has 11 heavy (non-hydrogen) atoms. The molecule has 0 radical (unpaired) electrons. The van der Waals surface area contributed by atoms with Crippen LogP contribution < -0.4 is 11.5 Å². The molecule has 1 heterocycles. The van der Waals surface area contributed by atoms with Gasteiger partial charge in [-0.2, -0.15) is 0 Å². The maximum Gasteiger partial charge on any atom is 0.137 e. The van der Waals surface area contributed by atoms with Crippen molar-refractivity contribution in [3.8, 4) is 0 Å². The molecule has 1 aromatic heterocycles. The fourth-order valence-electron chi connectivity index (χ4n) is 0.779. The van der Waals surface area contributed by atoms with Crippen molar-refractivity contribution in [3.63, 3.8) is 0 Å². The Hall–Kier alpha value is -0.870. The molecule has 1 aromatic rings.